The molecule has 1 aromatic heterocycles. The van der Waals surface area contributed by atoms with Gasteiger partial charge in [0, 0.05) is 31.4 Å². The minimum atomic E-state index is 0.516. The summed E-state index contributed by atoms with van der Waals surface area (Å²) in [5, 5.41) is 12.6. The highest BCUT2D eigenvalue weighted by molar-refractivity contribution is 5.70. The molecule has 20 heavy (non-hydrogen) atoms. The molecule has 0 atom stereocenters. The fourth-order valence-electron chi connectivity index (χ4n) is 2.55. The molecule has 2 aromatic rings. The van der Waals surface area contributed by atoms with Crippen molar-refractivity contribution in [3.8, 4) is 6.07 Å². The first-order valence-electron chi connectivity index (χ1n) is 6.80. The van der Waals surface area contributed by atoms with E-state index in [-0.39, 0.29) is 0 Å². The van der Waals surface area contributed by atoms with Crippen molar-refractivity contribution in [1.29, 1.82) is 5.26 Å². The molecule has 0 unspecified atom stereocenters. The fourth-order valence-corrected chi connectivity index (χ4v) is 2.55. The third kappa shape index (κ3) is 2.43. The number of nitrogens with zero attached hydrogens (tertiary/aromatic N) is 3. The maximum Gasteiger partial charge on any atom is 0.145 e. The van der Waals surface area contributed by atoms with E-state index >= 15 is 0 Å². The molecule has 0 bridgehead atoms. The fraction of sp³-hybridized carbons (Fsp3) is 0.250. The Morgan fingerprint density at radius 1 is 1.25 bits per heavy atom. The molecule has 100 valence electrons. The van der Waals surface area contributed by atoms with Crippen molar-refractivity contribution in [3.05, 3.63) is 53.9 Å². The van der Waals surface area contributed by atoms with Gasteiger partial charge in [-0.05, 0) is 24.6 Å². The van der Waals surface area contributed by atoms with E-state index in [0.717, 1.165) is 37.3 Å². The Bertz CT molecular complexity index is 645. The van der Waals surface area contributed by atoms with Crippen LogP contribution in [0.1, 0.15) is 17.7 Å². The van der Waals surface area contributed by atoms with Crippen LogP contribution in [0.2, 0.25) is 0 Å². The van der Waals surface area contributed by atoms with Gasteiger partial charge in [0.25, 0.3) is 0 Å². The SMILES string of the molecule is N#Cc1ncccc1CN1CCCNc2ccccc21. The number of hydrogen-bond acceptors (Lipinski definition) is 4. The predicted octanol–water partition coefficient (Wildman–Crippen LogP) is 2.78. The van der Waals surface area contributed by atoms with Crippen LogP contribution in [0, 0.1) is 11.3 Å². The highest BCUT2D eigenvalue weighted by Crippen LogP contribution is 2.29. The maximum absolute atomic E-state index is 9.16. The van der Waals surface area contributed by atoms with E-state index < -0.39 is 0 Å². The highest BCUT2D eigenvalue weighted by atomic mass is 15.2. The molecule has 0 radical (unpaired) electrons. The Morgan fingerprint density at radius 2 is 2.15 bits per heavy atom. The van der Waals surface area contributed by atoms with Crippen molar-refractivity contribution in [1.82, 2.24) is 4.98 Å². The molecular weight excluding hydrogens is 248 g/mol. The molecule has 2 heterocycles. The molecule has 4 heteroatoms. The number of nitriles is 1. The van der Waals surface area contributed by atoms with Crippen LogP contribution >= 0.6 is 0 Å². The number of aromatic nitrogens is 1. The molecule has 0 saturated heterocycles. The summed E-state index contributed by atoms with van der Waals surface area (Å²) in [6.45, 7) is 2.67. The van der Waals surface area contributed by atoms with Crippen LogP contribution in [-0.2, 0) is 6.54 Å². The molecule has 1 aliphatic heterocycles. The lowest BCUT2D eigenvalue weighted by atomic mass is 10.1. The Kier molecular flexibility index (Phi) is 3.51. The van der Waals surface area contributed by atoms with E-state index in [4.69, 9.17) is 5.26 Å². The van der Waals surface area contributed by atoms with Crippen molar-refractivity contribution in [2.24, 2.45) is 0 Å². The van der Waals surface area contributed by atoms with Gasteiger partial charge in [0.05, 0.1) is 11.4 Å². The summed E-state index contributed by atoms with van der Waals surface area (Å²) in [6.07, 6.45) is 2.75. The molecule has 1 aliphatic rings. The quantitative estimate of drug-likeness (QED) is 0.906. The monoisotopic (exact) mass is 264 g/mol. The van der Waals surface area contributed by atoms with Gasteiger partial charge >= 0.3 is 0 Å². The average Bonchev–Trinajstić information content (AvgIpc) is 2.71. The van der Waals surface area contributed by atoms with Gasteiger partial charge in [-0.25, -0.2) is 4.98 Å². The van der Waals surface area contributed by atoms with E-state index in [1.807, 2.05) is 24.3 Å². The van der Waals surface area contributed by atoms with E-state index in [0.29, 0.717) is 5.69 Å². The Hall–Kier alpha value is -2.54. The molecule has 1 aromatic carbocycles. The van der Waals surface area contributed by atoms with Crippen LogP contribution in [0.4, 0.5) is 11.4 Å². The number of pyridine rings is 1. The minimum absolute atomic E-state index is 0.516. The molecule has 0 amide bonds. The van der Waals surface area contributed by atoms with E-state index in [9.17, 15) is 0 Å². The zero-order chi connectivity index (χ0) is 13.8. The van der Waals surface area contributed by atoms with Crippen LogP contribution in [0.3, 0.4) is 0 Å². The van der Waals surface area contributed by atoms with Gasteiger partial charge in [-0.1, -0.05) is 18.2 Å². The van der Waals surface area contributed by atoms with E-state index in [1.165, 1.54) is 5.69 Å². The van der Waals surface area contributed by atoms with Gasteiger partial charge in [-0.2, -0.15) is 5.26 Å². The molecule has 0 spiro atoms. The van der Waals surface area contributed by atoms with Crippen LogP contribution in [0.25, 0.3) is 0 Å². The second-order valence-corrected chi connectivity index (χ2v) is 4.84. The molecule has 1 N–H and O–H groups in total. The third-order valence-electron chi connectivity index (χ3n) is 3.52. The van der Waals surface area contributed by atoms with E-state index in [2.05, 4.69) is 33.4 Å². The molecular formula is C16H16N4. The summed E-state index contributed by atoms with van der Waals surface area (Å²) in [4.78, 5) is 6.45. The minimum Gasteiger partial charge on any atom is -0.383 e. The standard InChI is InChI=1S/C16H16N4/c17-11-15-13(5-3-8-19-15)12-20-10-4-9-18-14-6-1-2-7-16(14)20/h1-3,5-8,18H,4,9-10,12H2. The molecule has 0 saturated carbocycles. The van der Waals surface area contributed by atoms with Gasteiger partial charge < -0.3 is 10.2 Å². The third-order valence-corrected chi connectivity index (χ3v) is 3.52. The topological polar surface area (TPSA) is 52.0 Å². The maximum atomic E-state index is 9.16. The van der Waals surface area contributed by atoms with Crippen molar-refractivity contribution >= 4 is 11.4 Å². The lowest BCUT2D eigenvalue weighted by Gasteiger charge is -2.24. The summed E-state index contributed by atoms with van der Waals surface area (Å²) >= 11 is 0. The number of anilines is 2. The van der Waals surface area contributed by atoms with Gasteiger partial charge in [-0.15, -0.1) is 0 Å². The second-order valence-electron chi connectivity index (χ2n) is 4.84. The summed E-state index contributed by atoms with van der Waals surface area (Å²) in [7, 11) is 0. The van der Waals surface area contributed by atoms with Crippen molar-refractivity contribution < 1.29 is 0 Å². The van der Waals surface area contributed by atoms with Crippen LogP contribution < -0.4 is 10.2 Å². The zero-order valence-corrected chi connectivity index (χ0v) is 11.2. The van der Waals surface area contributed by atoms with Crippen LogP contribution in [0.5, 0.6) is 0 Å². The number of rotatable bonds is 2. The zero-order valence-electron chi connectivity index (χ0n) is 11.2. The van der Waals surface area contributed by atoms with Gasteiger partial charge in [0.1, 0.15) is 11.8 Å². The number of para-hydroxylation sites is 2. The van der Waals surface area contributed by atoms with Gasteiger partial charge in [-0.3, -0.25) is 0 Å². The first kappa shape index (κ1) is 12.5. The average molecular weight is 264 g/mol. The van der Waals surface area contributed by atoms with Crippen molar-refractivity contribution in [3.63, 3.8) is 0 Å². The molecule has 3 rings (SSSR count). The molecule has 0 aliphatic carbocycles. The summed E-state index contributed by atoms with van der Waals surface area (Å²) in [5.41, 5.74) is 3.85. The van der Waals surface area contributed by atoms with Crippen molar-refractivity contribution in [2.45, 2.75) is 13.0 Å². The molecule has 4 nitrogen and oxygen atoms in total. The van der Waals surface area contributed by atoms with Crippen LogP contribution in [0.15, 0.2) is 42.6 Å². The Morgan fingerprint density at radius 3 is 3.05 bits per heavy atom. The van der Waals surface area contributed by atoms with Crippen LogP contribution in [-0.4, -0.2) is 18.1 Å². The van der Waals surface area contributed by atoms with E-state index in [1.54, 1.807) is 6.20 Å². The summed E-state index contributed by atoms with van der Waals surface area (Å²) in [6, 6.07) is 14.3. The number of benzene rings is 1. The normalized spacial score (nSPS) is 13.8. The lowest BCUT2D eigenvalue weighted by molar-refractivity contribution is 0.761. The number of fused-ring (bicyclic) bond motifs is 1. The summed E-state index contributed by atoms with van der Waals surface area (Å²) in [5.74, 6) is 0. The highest BCUT2D eigenvalue weighted by Gasteiger charge is 2.16. The number of hydrogen-bond donors (Lipinski definition) is 1. The Balaban J connectivity index is 1.93. The van der Waals surface area contributed by atoms with Gasteiger partial charge in [0.15, 0.2) is 0 Å². The predicted molar refractivity (Wildman–Crippen MR) is 79.6 cm³/mol. The summed E-state index contributed by atoms with van der Waals surface area (Å²) < 4.78 is 0. The lowest BCUT2D eigenvalue weighted by Crippen LogP contribution is -2.24. The van der Waals surface area contributed by atoms with Gasteiger partial charge in [0.2, 0.25) is 0 Å². The van der Waals surface area contributed by atoms with Crippen molar-refractivity contribution in [2.75, 3.05) is 23.3 Å². The number of nitrogens with one attached hydrogen (secondary N) is 1. The second kappa shape index (κ2) is 5.62. The largest absolute Gasteiger partial charge is 0.383 e. The first-order chi connectivity index (χ1) is 9.88. The Labute approximate surface area is 118 Å². The smallest absolute Gasteiger partial charge is 0.145 e. The molecule has 0 fully saturated rings. The first-order valence-corrected chi connectivity index (χ1v) is 6.80.